The third-order valence-corrected chi connectivity index (χ3v) is 3.07. The first-order chi connectivity index (χ1) is 6.99. The minimum atomic E-state index is -3.73. The summed E-state index contributed by atoms with van der Waals surface area (Å²) in [5.41, 5.74) is 0. The van der Waals surface area contributed by atoms with Gasteiger partial charge < -0.3 is 9.47 Å². The highest BCUT2D eigenvalue weighted by Crippen LogP contribution is 2.30. The Labute approximate surface area is 93.2 Å². The Morgan fingerprint density at radius 3 is 2.47 bits per heavy atom. The Morgan fingerprint density at radius 2 is 2.00 bits per heavy atom. The van der Waals surface area contributed by atoms with E-state index in [1.807, 2.05) is 6.92 Å². The fraction of sp³-hybridized carbons (Fsp3) is 0.333. The smallest absolute Gasteiger partial charge is 0.261 e. The Morgan fingerprint density at radius 1 is 1.33 bits per heavy atom. The number of methoxy groups -OCH3 is 1. The molecule has 0 aliphatic rings. The van der Waals surface area contributed by atoms with Crippen LogP contribution in [0.15, 0.2) is 23.1 Å². The number of halogens is 1. The van der Waals surface area contributed by atoms with E-state index in [1.54, 1.807) is 0 Å². The Kier molecular flexibility index (Phi) is 3.82. The van der Waals surface area contributed by atoms with Crippen LogP contribution in [0, 0.1) is 0 Å². The molecule has 0 aliphatic carbocycles. The lowest BCUT2D eigenvalue weighted by molar-refractivity contribution is 0.310. The summed E-state index contributed by atoms with van der Waals surface area (Å²) in [5.74, 6) is 0.836. The van der Waals surface area contributed by atoms with Crippen LogP contribution in [0.5, 0.6) is 11.5 Å². The van der Waals surface area contributed by atoms with E-state index in [4.69, 9.17) is 20.2 Å². The molecule has 0 amide bonds. The zero-order chi connectivity index (χ0) is 11.5. The van der Waals surface area contributed by atoms with Crippen LogP contribution in [-0.2, 0) is 9.05 Å². The standard InChI is InChI=1S/C9H11ClO4S/c1-3-14-8-5-4-7(15(10,11)12)6-9(8)13-2/h4-6H,3H2,1-2H3. The fourth-order valence-corrected chi connectivity index (χ4v) is 1.84. The van der Waals surface area contributed by atoms with E-state index in [1.165, 1.54) is 25.3 Å². The summed E-state index contributed by atoms with van der Waals surface area (Å²) < 4.78 is 32.3. The van der Waals surface area contributed by atoms with Crippen molar-refractivity contribution in [3.8, 4) is 11.5 Å². The van der Waals surface area contributed by atoms with Gasteiger partial charge in [0.25, 0.3) is 9.05 Å². The number of ether oxygens (including phenoxy) is 2. The number of benzene rings is 1. The molecule has 0 heterocycles. The summed E-state index contributed by atoms with van der Waals surface area (Å²) >= 11 is 0. The zero-order valence-corrected chi connectivity index (χ0v) is 9.93. The summed E-state index contributed by atoms with van der Waals surface area (Å²) in [7, 11) is 2.90. The molecule has 15 heavy (non-hydrogen) atoms. The van der Waals surface area contributed by atoms with Gasteiger partial charge in [-0.25, -0.2) is 8.42 Å². The molecule has 1 aromatic rings. The monoisotopic (exact) mass is 250 g/mol. The maximum Gasteiger partial charge on any atom is 0.261 e. The molecule has 0 atom stereocenters. The van der Waals surface area contributed by atoms with Crippen LogP contribution in [0.25, 0.3) is 0 Å². The maximum absolute atomic E-state index is 11.0. The Hall–Kier alpha value is -0.940. The lowest BCUT2D eigenvalue weighted by atomic mass is 10.3. The molecular weight excluding hydrogens is 240 g/mol. The van der Waals surface area contributed by atoms with Gasteiger partial charge in [0.2, 0.25) is 0 Å². The maximum atomic E-state index is 11.0. The Bertz CT molecular complexity index is 441. The summed E-state index contributed by atoms with van der Waals surface area (Å²) in [4.78, 5) is -0.00975. The van der Waals surface area contributed by atoms with Crippen molar-refractivity contribution in [3.05, 3.63) is 18.2 Å². The number of hydrogen-bond acceptors (Lipinski definition) is 4. The molecule has 0 fully saturated rings. The van der Waals surface area contributed by atoms with Crippen LogP contribution in [0.3, 0.4) is 0 Å². The van der Waals surface area contributed by atoms with Crippen LogP contribution in [0.2, 0.25) is 0 Å². The second-order valence-electron chi connectivity index (χ2n) is 2.68. The van der Waals surface area contributed by atoms with Crippen molar-refractivity contribution in [1.29, 1.82) is 0 Å². The highest BCUT2D eigenvalue weighted by molar-refractivity contribution is 8.13. The molecule has 0 radical (unpaired) electrons. The van der Waals surface area contributed by atoms with Gasteiger partial charge in [0.15, 0.2) is 11.5 Å². The Balaban J connectivity index is 3.19. The molecule has 0 saturated heterocycles. The summed E-state index contributed by atoms with van der Waals surface area (Å²) in [6, 6.07) is 4.21. The molecule has 4 nitrogen and oxygen atoms in total. The SMILES string of the molecule is CCOc1ccc(S(=O)(=O)Cl)cc1OC. The van der Waals surface area contributed by atoms with Crippen LogP contribution in [0.4, 0.5) is 0 Å². The van der Waals surface area contributed by atoms with Crippen molar-refractivity contribution < 1.29 is 17.9 Å². The predicted octanol–water partition coefficient (Wildman–Crippen LogP) is 2.02. The van der Waals surface area contributed by atoms with Crippen molar-refractivity contribution in [3.63, 3.8) is 0 Å². The largest absolute Gasteiger partial charge is 0.493 e. The normalized spacial score (nSPS) is 11.1. The average molecular weight is 251 g/mol. The quantitative estimate of drug-likeness (QED) is 0.768. The van der Waals surface area contributed by atoms with Gasteiger partial charge in [-0.1, -0.05) is 0 Å². The second-order valence-corrected chi connectivity index (χ2v) is 5.25. The third-order valence-electron chi connectivity index (χ3n) is 1.72. The van der Waals surface area contributed by atoms with E-state index in [9.17, 15) is 8.42 Å². The third kappa shape index (κ3) is 3.00. The van der Waals surface area contributed by atoms with Crippen LogP contribution >= 0.6 is 10.7 Å². The molecule has 0 unspecified atom stereocenters. The average Bonchev–Trinajstić information content (AvgIpc) is 2.17. The minimum absolute atomic E-state index is 0.00975. The van der Waals surface area contributed by atoms with E-state index in [-0.39, 0.29) is 4.90 Å². The highest BCUT2D eigenvalue weighted by Gasteiger charge is 2.13. The molecule has 6 heteroatoms. The van der Waals surface area contributed by atoms with Crippen molar-refractivity contribution >= 4 is 19.7 Å². The van der Waals surface area contributed by atoms with Crippen molar-refractivity contribution in [2.75, 3.05) is 13.7 Å². The van der Waals surface area contributed by atoms with E-state index >= 15 is 0 Å². The molecular formula is C9H11ClO4S. The van der Waals surface area contributed by atoms with Crippen molar-refractivity contribution in [2.24, 2.45) is 0 Å². The highest BCUT2D eigenvalue weighted by atomic mass is 35.7. The zero-order valence-electron chi connectivity index (χ0n) is 8.36. The van der Waals surface area contributed by atoms with Gasteiger partial charge in [0.05, 0.1) is 18.6 Å². The van der Waals surface area contributed by atoms with Gasteiger partial charge in [0.1, 0.15) is 0 Å². The molecule has 0 spiro atoms. The van der Waals surface area contributed by atoms with E-state index in [0.717, 1.165) is 0 Å². The molecule has 1 rings (SSSR count). The van der Waals surface area contributed by atoms with Crippen LogP contribution < -0.4 is 9.47 Å². The van der Waals surface area contributed by atoms with Crippen LogP contribution in [0.1, 0.15) is 6.92 Å². The van der Waals surface area contributed by atoms with Gasteiger partial charge in [-0.15, -0.1) is 0 Å². The molecule has 84 valence electrons. The van der Waals surface area contributed by atoms with Crippen molar-refractivity contribution in [2.45, 2.75) is 11.8 Å². The molecule has 0 N–H and O–H groups in total. The van der Waals surface area contributed by atoms with Gasteiger partial charge in [0, 0.05) is 16.7 Å². The summed E-state index contributed by atoms with van der Waals surface area (Å²) in [5, 5.41) is 0. The fourth-order valence-electron chi connectivity index (χ4n) is 1.07. The van der Waals surface area contributed by atoms with E-state index in [0.29, 0.717) is 18.1 Å². The molecule has 0 bridgehead atoms. The van der Waals surface area contributed by atoms with Crippen LogP contribution in [-0.4, -0.2) is 22.1 Å². The first kappa shape index (κ1) is 12.1. The van der Waals surface area contributed by atoms with Gasteiger partial charge in [-0.3, -0.25) is 0 Å². The summed E-state index contributed by atoms with van der Waals surface area (Å²) in [6.07, 6.45) is 0. The molecule has 0 aromatic heterocycles. The van der Waals surface area contributed by atoms with E-state index in [2.05, 4.69) is 0 Å². The van der Waals surface area contributed by atoms with E-state index < -0.39 is 9.05 Å². The topological polar surface area (TPSA) is 52.6 Å². The molecule has 0 aliphatic heterocycles. The first-order valence-corrected chi connectivity index (χ1v) is 6.55. The molecule has 0 saturated carbocycles. The van der Waals surface area contributed by atoms with Gasteiger partial charge in [-0.2, -0.15) is 0 Å². The number of hydrogen-bond donors (Lipinski definition) is 0. The van der Waals surface area contributed by atoms with Crippen molar-refractivity contribution in [1.82, 2.24) is 0 Å². The summed E-state index contributed by atoms with van der Waals surface area (Å²) in [6.45, 7) is 2.30. The number of rotatable bonds is 4. The second kappa shape index (κ2) is 4.72. The predicted molar refractivity (Wildman–Crippen MR) is 57.2 cm³/mol. The first-order valence-electron chi connectivity index (χ1n) is 4.24. The lowest BCUT2D eigenvalue weighted by Gasteiger charge is -2.09. The minimum Gasteiger partial charge on any atom is -0.493 e. The van der Waals surface area contributed by atoms with Gasteiger partial charge in [-0.05, 0) is 19.1 Å². The lowest BCUT2D eigenvalue weighted by Crippen LogP contribution is -1.97. The molecule has 1 aromatic carbocycles. The van der Waals surface area contributed by atoms with Gasteiger partial charge >= 0.3 is 0 Å².